The van der Waals surface area contributed by atoms with Crippen LogP contribution in [0.1, 0.15) is 168 Å². The molecule has 0 aliphatic heterocycles. The number of ether oxygens (including phenoxy) is 2. The summed E-state index contributed by atoms with van der Waals surface area (Å²) in [5.41, 5.74) is 0. The van der Waals surface area contributed by atoms with Crippen molar-refractivity contribution in [2.75, 3.05) is 19.8 Å². The van der Waals surface area contributed by atoms with Crippen LogP contribution in [0.3, 0.4) is 0 Å². The first kappa shape index (κ1) is 40.8. The molecular formula is C36H65NO6. The number of carbonyl (C=O) groups is 4. The third kappa shape index (κ3) is 28.4. The van der Waals surface area contributed by atoms with E-state index in [-0.39, 0.29) is 42.4 Å². The normalized spacial score (nSPS) is 11.6. The van der Waals surface area contributed by atoms with Gasteiger partial charge < -0.3 is 14.8 Å². The Hall–Kier alpha value is -2.18. The van der Waals surface area contributed by atoms with Crippen molar-refractivity contribution < 1.29 is 28.7 Å². The standard InChI is InChI=1S/C36H65NO6/c1-5-8-9-10-11-12-13-14-15-16-17-18-19-22-35(40)37-27-28-42-31(4)23-26-36(41)43-30-32(29-34(39)21-7-3)24-25-33(38)20-6-2/h32H,4-30H2,1-3H3,(H,37,40). The summed E-state index contributed by atoms with van der Waals surface area (Å²) in [6.07, 6.45) is 21.7. The van der Waals surface area contributed by atoms with Crippen molar-refractivity contribution >= 4 is 23.4 Å². The molecule has 250 valence electrons. The smallest absolute Gasteiger partial charge is 0.306 e. The number of allylic oxidation sites excluding steroid dienone is 1. The lowest BCUT2D eigenvalue weighted by atomic mass is 9.94. The fourth-order valence-electron chi connectivity index (χ4n) is 5.09. The van der Waals surface area contributed by atoms with Crippen LogP contribution >= 0.6 is 0 Å². The molecule has 1 amide bonds. The summed E-state index contributed by atoms with van der Waals surface area (Å²) in [5, 5.41) is 2.88. The Labute approximate surface area is 263 Å². The molecule has 43 heavy (non-hydrogen) atoms. The molecule has 0 aromatic carbocycles. The molecule has 0 aliphatic rings. The van der Waals surface area contributed by atoms with Crippen molar-refractivity contribution in [3.05, 3.63) is 12.3 Å². The summed E-state index contributed by atoms with van der Waals surface area (Å²) in [6, 6.07) is 0. The summed E-state index contributed by atoms with van der Waals surface area (Å²) >= 11 is 0. The largest absolute Gasteiger partial charge is 0.497 e. The Morgan fingerprint density at radius 2 is 1.16 bits per heavy atom. The summed E-state index contributed by atoms with van der Waals surface area (Å²) in [7, 11) is 0. The highest BCUT2D eigenvalue weighted by molar-refractivity contribution is 5.79. The fraction of sp³-hybridized carbons (Fsp3) is 0.833. The van der Waals surface area contributed by atoms with Crippen LogP contribution < -0.4 is 5.32 Å². The van der Waals surface area contributed by atoms with Crippen LogP contribution in [-0.2, 0) is 28.7 Å². The molecule has 0 fully saturated rings. The second kappa shape index (κ2) is 29.9. The number of amides is 1. The molecule has 1 unspecified atom stereocenters. The van der Waals surface area contributed by atoms with Gasteiger partial charge in [-0.2, -0.15) is 0 Å². The topological polar surface area (TPSA) is 98.8 Å². The van der Waals surface area contributed by atoms with Gasteiger partial charge in [-0.05, 0) is 25.7 Å². The number of unbranched alkanes of at least 4 members (excludes halogenated alkanes) is 12. The van der Waals surface area contributed by atoms with Gasteiger partial charge in [0.15, 0.2) is 0 Å². The average molecular weight is 608 g/mol. The van der Waals surface area contributed by atoms with Gasteiger partial charge in [-0.3, -0.25) is 19.2 Å². The Kier molecular flexibility index (Phi) is 28.4. The molecule has 0 saturated carbocycles. The maximum Gasteiger partial charge on any atom is 0.306 e. The lowest BCUT2D eigenvalue weighted by Gasteiger charge is -2.16. The van der Waals surface area contributed by atoms with Crippen LogP contribution in [-0.4, -0.2) is 43.2 Å². The number of ketones is 2. The molecule has 0 bridgehead atoms. The third-order valence-electron chi connectivity index (χ3n) is 7.73. The molecule has 0 heterocycles. The summed E-state index contributed by atoms with van der Waals surface area (Å²) < 4.78 is 11.0. The minimum Gasteiger partial charge on any atom is -0.497 e. The number of esters is 1. The van der Waals surface area contributed by atoms with E-state index in [9.17, 15) is 19.2 Å². The first-order valence-corrected chi connectivity index (χ1v) is 17.6. The van der Waals surface area contributed by atoms with Crippen molar-refractivity contribution in [3.63, 3.8) is 0 Å². The zero-order valence-electron chi connectivity index (χ0n) is 28.1. The fourth-order valence-corrected chi connectivity index (χ4v) is 5.09. The molecule has 7 heteroatoms. The van der Waals surface area contributed by atoms with E-state index in [1.54, 1.807) is 0 Å². The molecule has 0 aromatic rings. The van der Waals surface area contributed by atoms with Gasteiger partial charge in [-0.25, -0.2) is 0 Å². The van der Waals surface area contributed by atoms with E-state index in [2.05, 4.69) is 18.8 Å². The average Bonchev–Trinajstić information content (AvgIpc) is 2.98. The highest BCUT2D eigenvalue weighted by Gasteiger charge is 2.18. The molecule has 0 radical (unpaired) electrons. The van der Waals surface area contributed by atoms with Crippen LogP contribution in [0.2, 0.25) is 0 Å². The molecule has 0 aliphatic carbocycles. The lowest BCUT2D eigenvalue weighted by Crippen LogP contribution is -2.26. The summed E-state index contributed by atoms with van der Waals surface area (Å²) in [4.78, 5) is 48.4. The summed E-state index contributed by atoms with van der Waals surface area (Å²) in [6.45, 7) is 10.9. The monoisotopic (exact) mass is 607 g/mol. The highest BCUT2D eigenvalue weighted by Crippen LogP contribution is 2.17. The number of nitrogens with one attached hydrogen (secondary N) is 1. The van der Waals surface area contributed by atoms with Crippen LogP contribution in [0.4, 0.5) is 0 Å². The predicted molar refractivity (Wildman–Crippen MR) is 176 cm³/mol. The SMILES string of the molecule is C=C(CCC(=O)OCC(CCC(=O)CCC)CC(=O)CCC)OCCNC(=O)CCCCCCCCCCCCCCC. The maximum absolute atomic E-state index is 12.3. The molecular weight excluding hydrogens is 542 g/mol. The third-order valence-corrected chi connectivity index (χ3v) is 7.73. The summed E-state index contributed by atoms with van der Waals surface area (Å²) in [5.74, 6) is 0.345. The Bertz CT molecular complexity index is 750. The van der Waals surface area contributed by atoms with Gasteiger partial charge in [0.1, 0.15) is 18.2 Å². The van der Waals surface area contributed by atoms with Crippen molar-refractivity contribution in [3.8, 4) is 0 Å². The quantitative estimate of drug-likeness (QED) is 0.0465. The van der Waals surface area contributed by atoms with Gasteiger partial charge in [-0.1, -0.05) is 104 Å². The van der Waals surface area contributed by atoms with E-state index in [1.807, 2.05) is 13.8 Å². The molecule has 1 atom stereocenters. The molecule has 0 aromatic heterocycles. The minimum atomic E-state index is -0.372. The number of rotatable bonds is 32. The van der Waals surface area contributed by atoms with Crippen LogP contribution in [0, 0.1) is 5.92 Å². The lowest BCUT2D eigenvalue weighted by molar-refractivity contribution is -0.146. The van der Waals surface area contributed by atoms with Crippen LogP contribution in [0.25, 0.3) is 0 Å². The van der Waals surface area contributed by atoms with Gasteiger partial charge in [0, 0.05) is 44.4 Å². The highest BCUT2D eigenvalue weighted by atomic mass is 16.5. The van der Waals surface area contributed by atoms with Crippen LogP contribution in [0.5, 0.6) is 0 Å². The molecule has 0 saturated heterocycles. The van der Waals surface area contributed by atoms with E-state index in [4.69, 9.17) is 9.47 Å². The van der Waals surface area contributed by atoms with E-state index >= 15 is 0 Å². The van der Waals surface area contributed by atoms with Crippen molar-refractivity contribution in [1.82, 2.24) is 5.32 Å². The van der Waals surface area contributed by atoms with Gasteiger partial charge in [0.25, 0.3) is 0 Å². The first-order valence-electron chi connectivity index (χ1n) is 17.6. The zero-order chi connectivity index (χ0) is 32.0. The number of hydrogen-bond acceptors (Lipinski definition) is 6. The second-order valence-electron chi connectivity index (χ2n) is 12.1. The van der Waals surface area contributed by atoms with E-state index in [1.165, 1.54) is 70.6 Å². The zero-order valence-corrected chi connectivity index (χ0v) is 28.1. The van der Waals surface area contributed by atoms with E-state index in [0.717, 1.165) is 25.7 Å². The molecule has 7 nitrogen and oxygen atoms in total. The molecule has 0 rings (SSSR count). The van der Waals surface area contributed by atoms with Crippen LogP contribution in [0.15, 0.2) is 12.3 Å². The first-order chi connectivity index (χ1) is 20.8. The minimum absolute atomic E-state index is 0.0456. The Morgan fingerprint density at radius 3 is 1.74 bits per heavy atom. The van der Waals surface area contributed by atoms with Gasteiger partial charge >= 0.3 is 5.97 Å². The predicted octanol–water partition coefficient (Wildman–Crippen LogP) is 8.96. The van der Waals surface area contributed by atoms with Crippen molar-refractivity contribution in [2.24, 2.45) is 5.92 Å². The van der Waals surface area contributed by atoms with E-state index < -0.39 is 0 Å². The molecule has 0 spiro atoms. The number of carbonyl (C=O) groups excluding carboxylic acids is 4. The van der Waals surface area contributed by atoms with Gasteiger partial charge in [0.05, 0.1) is 25.3 Å². The molecule has 1 N–H and O–H groups in total. The number of Topliss-reactive ketones (excluding diaryl/α,β-unsaturated/α-hetero) is 2. The second-order valence-corrected chi connectivity index (χ2v) is 12.1. The Balaban J connectivity index is 3.85. The van der Waals surface area contributed by atoms with Crippen molar-refractivity contribution in [1.29, 1.82) is 0 Å². The van der Waals surface area contributed by atoms with Gasteiger partial charge in [-0.15, -0.1) is 0 Å². The number of hydrogen-bond donors (Lipinski definition) is 1. The van der Waals surface area contributed by atoms with E-state index in [0.29, 0.717) is 63.9 Å². The maximum atomic E-state index is 12.3. The van der Waals surface area contributed by atoms with Gasteiger partial charge in [0.2, 0.25) is 5.91 Å². The van der Waals surface area contributed by atoms with Crippen molar-refractivity contribution in [2.45, 2.75) is 168 Å². The Morgan fingerprint density at radius 1 is 0.605 bits per heavy atom.